The first-order valence-corrected chi connectivity index (χ1v) is 12.2. The van der Waals surface area contributed by atoms with Gasteiger partial charge in [-0.05, 0) is 71.5 Å². The average Bonchev–Trinajstić information content (AvgIpc) is 2.73. The van der Waals surface area contributed by atoms with Crippen LogP contribution in [0.1, 0.15) is 25.0 Å². The molecule has 0 saturated heterocycles. The van der Waals surface area contributed by atoms with Crippen LogP contribution < -0.4 is 15.2 Å². The average molecular weight is 409 g/mol. The van der Waals surface area contributed by atoms with Crippen LogP contribution in [0, 0.1) is 13.5 Å². The van der Waals surface area contributed by atoms with Crippen LogP contribution in [0.2, 0.25) is 0 Å². The SMILES string of the molecule is [C-]#[N+]C(C)(C)Cc1cc2c3c([n+](C)ccc3c1)-c1c(cc3ccccc3c1C)P2C. The number of benzene rings is 3. The van der Waals surface area contributed by atoms with Crippen LogP contribution >= 0.6 is 7.92 Å². The molecule has 2 heterocycles. The lowest BCUT2D eigenvalue weighted by Gasteiger charge is -2.27. The molecule has 0 bridgehead atoms. The number of hydrogen-bond acceptors (Lipinski definition) is 0. The second kappa shape index (κ2) is 6.63. The monoisotopic (exact) mass is 409 g/mol. The van der Waals surface area contributed by atoms with Gasteiger partial charge in [-0.15, -0.1) is 0 Å². The lowest BCUT2D eigenvalue weighted by Crippen LogP contribution is -2.36. The van der Waals surface area contributed by atoms with Crippen LogP contribution in [-0.2, 0) is 13.5 Å². The summed E-state index contributed by atoms with van der Waals surface area (Å²) < 4.78 is 2.29. The molecule has 0 radical (unpaired) electrons. The van der Waals surface area contributed by atoms with Crippen molar-refractivity contribution in [3.05, 3.63) is 77.3 Å². The molecule has 0 spiro atoms. The standard InChI is InChI=1S/C27H26N2P/c1-17-21-10-8-7-9-19(21)15-23-24(17)26-25-20(11-12-29(26)5)13-18(14-22(25)30(23)6)16-27(2,3)28-4/h7-15H,16H2,1-3,5-6H3/q+1. The molecule has 0 N–H and O–H groups in total. The zero-order valence-electron chi connectivity index (χ0n) is 18.2. The van der Waals surface area contributed by atoms with Gasteiger partial charge in [0.25, 0.3) is 0 Å². The van der Waals surface area contributed by atoms with E-state index < -0.39 is 7.92 Å². The molecular weight excluding hydrogens is 383 g/mol. The van der Waals surface area contributed by atoms with E-state index in [1.807, 2.05) is 13.8 Å². The van der Waals surface area contributed by atoms with Gasteiger partial charge in [0.2, 0.25) is 11.2 Å². The number of nitrogens with zero attached hydrogens (tertiary/aromatic N) is 2. The molecule has 0 fully saturated rings. The van der Waals surface area contributed by atoms with Gasteiger partial charge in [0.05, 0.1) is 17.4 Å². The van der Waals surface area contributed by atoms with Crippen LogP contribution in [0.4, 0.5) is 0 Å². The smallest absolute Gasteiger partial charge is 0.231 e. The van der Waals surface area contributed by atoms with Gasteiger partial charge in [-0.1, -0.05) is 30.3 Å². The molecule has 4 aromatic rings. The van der Waals surface area contributed by atoms with Crippen molar-refractivity contribution in [1.82, 2.24) is 0 Å². The van der Waals surface area contributed by atoms with Gasteiger partial charge in [-0.2, -0.15) is 0 Å². The maximum absolute atomic E-state index is 7.55. The number of aromatic nitrogens is 1. The number of hydrogen-bond donors (Lipinski definition) is 0. The lowest BCUT2D eigenvalue weighted by molar-refractivity contribution is -0.659. The van der Waals surface area contributed by atoms with Crippen molar-refractivity contribution < 1.29 is 4.57 Å². The summed E-state index contributed by atoms with van der Waals surface area (Å²) in [7, 11) is 1.70. The quantitative estimate of drug-likeness (QED) is 0.238. The molecule has 1 atom stereocenters. The molecule has 1 unspecified atom stereocenters. The fourth-order valence-electron chi connectivity index (χ4n) is 4.95. The van der Waals surface area contributed by atoms with E-state index in [4.69, 9.17) is 6.57 Å². The van der Waals surface area contributed by atoms with Gasteiger partial charge in [0.1, 0.15) is 7.05 Å². The highest BCUT2D eigenvalue weighted by Crippen LogP contribution is 2.45. The zero-order valence-corrected chi connectivity index (χ0v) is 19.1. The van der Waals surface area contributed by atoms with Crippen molar-refractivity contribution in [3.63, 3.8) is 0 Å². The molecule has 30 heavy (non-hydrogen) atoms. The van der Waals surface area contributed by atoms with Gasteiger partial charge in [-0.3, -0.25) is 0 Å². The summed E-state index contributed by atoms with van der Waals surface area (Å²) in [5.74, 6) is 0. The summed E-state index contributed by atoms with van der Waals surface area (Å²) in [5.41, 5.74) is 5.02. The number of rotatable bonds is 2. The highest BCUT2D eigenvalue weighted by molar-refractivity contribution is 7.73. The van der Waals surface area contributed by atoms with Gasteiger partial charge in [-0.25, -0.2) is 11.1 Å². The number of fused-ring (bicyclic) bond motifs is 3. The van der Waals surface area contributed by atoms with Crippen molar-refractivity contribution in [3.8, 4) is 11.3 Å². The second-order valence-corrected chi connectivity index (χ2v) is 11.2. The fourth-order valence-corrected chi connectivity index (χ4v) is 7.08. The van der Waals surface area contributed by atoms with E-state index in [-0.39, 0.29) is 5.54 Å². The summed E-state index contributed by atoms with van der Waals surface area (Å²) in [6.07, 6.45) is 2.97. The molecule has 1 aliphatic heterocycles. The Balaban J connectivity index is 1.87. The van der Waals surface area contributed by atoms with E-state index in [1.54, 1.807) is 0 Å². The molecule has 5 rings (SSSR count). The van der Waals surface area contributed by atoms with Gasteiger partial charge in [0.15, 0.2) is 6.20 Å². The zero-order chi connectivity index (χ0) is 21.2. The minimum Gasteiger partial charge on any atom is -0.311 e. The summed E-state index contributed by atoms with van der Waals surface area (Å²) in [4.78, 5) is 3.85. The predicted octanol–water partition coefficient (Wildman–Crippen LogP) is 5.41. The minimum atomic E-state index is -0.467. The van der Waals surface area contributed by atoms with Crippen molar-refractivity contribution in [2.75, 3.05) is 6.66 Å². The first-order valence-electron chi connectivity index (χ1n) is 10.4. The van der Waals surface area contributed by atoms with E-state index in [0.29, 0.717) is 0 Å². The second-order valence-electron chi connectivity index (χ2n) is 9.13. The Morgan fingerprint density at radius 2 is 1.80 bits per heavy atom. The molecule has 1 aliphatic rings. The first-order chi connectivity index (χ1) is 14.3. The highest BCUT2D eigenvalue weighted by atomic mass is 31.1. The van der Waals surface area contributed by atoms with Gasteiger partial charge >= 0.3 is 0 Å². The van der Waals surface area contributed by atoms with Crippen LogP contribution in [0.25, 0.3) is 37.6 Å². The summed E-state index contributed by atoms with van der Waals surface area (Å²) >= 11 is 0. The number of pyridine rings is 1. The molecule has 1 aromatic heterocycles. The van der Waals surface area contributed by atoms with E-state index in [9.17, 15) is 0 Å². The van der Waals surface area contributed by atoms with E-state index >= 15 is 0 Å². The van der Waals surface area contributed by atoms with Crippen LogP contribution in [0.3, 0.4) is 0 Å². The lowest BCUT2D eigenvalue weighted by atomic mass is 9.91. The Bertz CT molecular complexity index is 1390. The summed E-state index contributed by atoms with van der Waals surface area (Å²) in [5, 5.41) is 8.28. The Morgan fingerprint density at radius 1 is 1.03 bits per heavy atom. The maximum Gasteiger partial charge on any atom is 0.231 e. The molecular formula is C27H26N2P+. The molecule has 3 heteroatoms. The Kier molecular flexibility index (Phi) is 4.25. The molecule has 2 nitrogen and oxygen atoms in total. The fraction of sp³-hybridized carbons (Fsp3) is 0.259. The van der Waals surface area contributed by atoms with Crippen LogP contribution in [-0.4, -0.2) is 12.2 Å². The van der Waals surface area contributed by atoms with Crippen LogP contribution in [0.5, 0.6) is 0 Å². The molecule has 0 amide bonds. The number of aryl methyl sites for hydroxylation is 2. The molecule has 0 saturated carbocycles. The highest BCUT2D eigenvalue weighted by Gasteiger charge is 2.33. The maximum atomic E-state index is 7.55. The first kappa shape index (κ1) is 19.2. The third kappa shape index (κ3) is 2.77. The Morgan fingerprint density at radius 3 is 2.57 bits per heavy atom. The third-order valence-electron chi connectivity index (χ3n) is 6.46. The van der Waals surface area contributed by atoms with Gasteiger partial charge in [0, 0.05) is 19.9 Å². The third-order valence-corrected chi connectivity index (χ3v) is 8.61. The van der Waals surface area contributed by atoms with E-state index in [0.717, 1.165) is 6.42 Å². The van der Waals surface area contributed by atoms with Crippen LogP contribution in [0.15, 0.2) is 54.7 Å². The predicted molar refractivity (Wildman–Crippen MR) is 129 cm³/mol. The van der Waals surface area contributed by atoms with Gasteiger partial charge < -0.3 is 4.85 Å². The molecule has 0 aliphatic carbocycles. The minimum absolute atomic E-state index is 0.376. The Labute approximate surface area is 179 Å². The molecule has 3 aromatic carbocycles. The molecule has 148 valence electrons. The largest absolute Gasteiger partial charge is 0.311 e. The van der Waals surface area contributed by atoms with E-state index in [1.165, 1.54) is 54.5 Å². The van der Waals surface area contributed by atoms with Crippen molar-refractivity contribution in [2.45, 2.75) is 32.7 Å². The Hall–Kier alpha value is -2.75. The van der Waals surface area contributed by atoms with E-state index in [2.05, 4.69) is 84.8 Å². The topological polar surface area (TPSA) is 8.24 Å². The summed E-state index contributed by atoms with van der Waals surface area (Å²) in [6, 6.07) is 18.1. The normalized spacial score (nSPS) is 15.3. The van der Waals surface area contributed by atoms with Crippen molar-refractivity contribution in [1.29, 1.82) is 0 Å². The summed E-state index contributed by atoms with van der Waals surface area (Å²) in [6.45, 7) is 16.3. The van der Waals surface area contributed by atoms with Crippen molar-refractivity contribution >= 4 is 40.1 Å². The van der Waals surface area contributed by atoms with Crippen molar-refractivity contribution in [2.24, 2.45) is 7.05 Å².